The van der Waals surface area contributed by atoms with Crippen molar-refractivity contribution in [3.05, 3.63) is 29.6 Å². The van der Waals surface area contributed by atoms with Crippen LogP contribution in [0.2, 0.25) is 0 Å². The van der Waals surface area contributed by atoms with E-state index in [2.05, 4.69) is 10.2 Å². The molecule has 2 rings (SSSR count). The van der Waals surface area contributed by atoms with Gasteiger partial charge in [0.25, 0.3) is 0 Å². The van der Waals surface area contributed by atoms with Crippen LogP contribution < -0.4 is 16.0 Å². The van der Waals surface area contributed by atoms with Crippen molar-refractivity contribution in [2.45, 2.75) is 25.9 Å². The number of carbonyl (C=O) groups is 1. The Labute approximate surface area is 124 Å². The number of nitrogens with two attached hydrogens (primary N) is 1. The van der Waals surface area contributed by atoms with E-state index in [1.165, 1.54) is 12.1 Å². The number of ether oxygens (including phenoxy) is 1. The summed E-state index contributed by atoms with van der Waals surface area (Å²) in [6, 6.07) is 4.49. The quantitative estimate of drug-likeness (QED) is 0.851. The Morgan fingerprint density at radius 2 is 2.19 bits per heavy atom. The van der Waals surface area contributed by atoms with E-state index in [1.807, 2.05) is 0 Å². The largest absolute Gasteiger partial charge is 0.378 e. The van der Waals surface area contributed by atoms with Crippen molar-refractivity contribution in [3.63, 3.8) is 0 Å². The van der Waals surface area contributed by atoms with E-state index in [0.717, 1.165) is 24.3 Å². The highest BCUT2D eigenvalue weighted by atomic mass is 19.1. The molecule has 1 atom stereocenters. The van der Waals surface area contributed by atoms with E-state index >= 15 is 0 Å². The fourth-order valence-electron chi connectivity index (χ4n) is 2.37. The van der Waals surface area contributed by atoms with Crippen LogP contribution in [0.4, 0.5) is 10.1 Å². The summed E-state index contributed by atoms with van der Waals surface area (Å²) in [5.41, 5.74) is 7.31. The number of halogens is 1. The first-order chi connectivity index (χ1) is 10.1. The topological polar surface area (TPSA) is 67.6 Å². The second-order valence-corrected chi connectivity index (χ2v) is 5.33. The van der Waals surface area contributed by atoms with Gasteiger partial charge in [-0.05, 0) is 30.7 Å². The van der Waals surface area contributed by atoms with E-state index < -0.39 is 0 Å². The molecule has 0 radical (unpaired) electrons. The van der Waals surface area contributed by atoms with Gasteiger partial charge in [-0.1, -0.05) is 0 Å². The average Bonchev–Trinajstić information content (AvgIpc) is 2.45. The third-order valence-corrected chi connectivity index (χ3v) is 3.38. The summed E-state index contributed by atoms with van der Waals surface area (Å²) >= 11 is 0. The van der Waals surface area contributed by atoms with Crippen LogP contribution >= 0.6 is 0 Å². The average molecular weight is 295 g/mol. The lowest BCUT2D eigenvalue weighted by atomic mass is 10.1. The van der Waals surface area contributed by atoms with Gasteiger partial charge in [-0.15, -0.1) is 0 Å². The predicted octanol–water partition coefficient (Wildman–Crippen LogP) is 1.02. The van der Waals surface area contributed by atoms with Crippen molar-refractivity contribution >= 4 is 11.6 Å². The smallest absolute Gasteiger partial charge is 0.221 e. The molecule has 1 aromatic rings. The summed E-state index contributed by atoms with van der Waals surface area (Å²) in [6.07, 6.45) is 0.266. The molecule has 1 fully saturated rings. The summed E-state index contributed by atoms with van der Waals surface area (Å²) in [5, 5.41) is 2.79. The number of amides is 1. The van der Waals surface area contributed by atoms with E-state index in [9.17, 15) is 9.18 Å². The molecule has 6 heteroatoms. The fourth-order valence-corrected chi connectivity index (χ4v) is 2.37. The minimum Gasteiger partial charge on any atom is -0.378 e. The van der Waals surface area contributed by atoms with Gasteiger partial charge >= 0.3 is 0 Å². The van der Waals surface area contributed by atoms with Crippen molar-refractivity contribution in [3.8, 4) is 0 Å². The first-order valence-corrected chi connectivity index (χ1v) is 7.19. The molecule has 1 heterocycles. The zero-order valence-corrected chi connectivity index (χ0v) is 12.3. The number of morpholine rings is 1. The van der Waals surface area contributed by atoms with Crippen molar-refractivity contribution in [1.29, 1.82) is 0 Å². The highest BCUT2D eigenvalue weighted by Gasteiger charge is 2.16. The van der Waals surface area contributed by atoms with Crippen LogP contribution in [0.15, 0.2) is 18.2 Å². The molecule has 1 aliphatic rings. The maximum absolute atomic E-state index is 13.5. The molecule has 116 valence electrons. The van der Waals surface area contributed by atoms with Gasteiger partial charge in [0.2, 0.25) is 5.91 Å². The fraction of sp³-hybridized carbons (Fsp3) is 0.533. The van der Waals surface area contributed by atoms with Crippen LogP contribution in [0.5, 0.6) is 0 Å². The summed E-state index contributed by atoms with van der Waals surface area (Å²) in [4.78, 5) is 13.8. The number of rotatable bonds is 5. The third kappa shape index (κ3) is 4.68. The van der Waals surface area contributed by atoms with E-state index in [0.29, 0.717) is 19.8 Å². The normalized spacial score (nSPS) is 16.6. The molecule has 1 unspecified atom stereocenters. The second-order valence-electron chi connectivity index (χ2n) is 5.33. The zero-order valence-electron chi connectivity index (χ0n) is 12.3. The van der Waals surface area contributed by atoms with Gasteiger partial charge in [0.1, 0.15) is 5.82 Å². The first-order valence-electron chi connectivity index (χ1n) is 7.19. The summed E-state index contributed by atoms with van der Waals surface area (Å²) in [7, 11) is 0. The molecule has 0 bridgehead atoms. The number of nitrogens with one attached hydrogen (secondary N) is 1. The Balaban J connectivity index is 2.06. The molecule has 0 aromatic heterocycles. The number of benzene rings is 1. The molecule has 0 spiro atoms. The van der Waals surface area contributed by atoms with Crippen LogP contribution in [-0.4, -0.2) is 38.3 Å². The lowest BCUT2D eigenvalue weighted by molar-refractivity contribution is -0.121. The third-order valence-electron chi connectivity index (χ3n) is 3.38. The van der Waals surface area contributed by atoms with Crippen LogP contribution in [0.3, 0.4) is 0 Å². The SMILES string of the molecule is CC(N)CC(=O)NCc1cc(F)ccc1N1CCOCC1. The van der Waals surface area contributed by atoms with Gasteiger partial charge in [0.15, 0.2) is 0 Å². The molecule has 5 nitrogen and oxygen atoms in total. The lowest BCUT2D eigenvalue weighted by Crippen LogP contribution is -2.37. The van der Waals surface area contributed by atoms with Crippen LogP contribution in [0, 0.1) is 5.82 Å². The maximum atomic E-state index is 13.5. The number of carbonyl (C=O) groups excluding carboxylic acids is 1. The number of anilines is 1. The van der Waals surface area contributed by atoms with Gasteiger partial charge in [-0.3, -0.25) is 4.79 Å². The summed E-state index contributed by atoms with van der Waals surface area (Å²) in [6.45, 7) is 4.94. The summed E-state index contributed by atoms with van der Waals surface area (Å²) < 4.78 is 18.8. The highest BCUT2D eigenvalue weighted by Crippen LogP contribution is 2.22. The zero-order chi connectivity index (χ0) is 15.2. The molecular weight excluding hydrogens is 273 g/mol. The molecule has 1 aliphatic heterocycles. The van der Waals surface area contributed by atoms with Gasteiger partial charge < -0.3 is 20.7 Å². The standard InChI is InChI=1S/C15H22FN3O2/c1-11(17)8-15(20)18-10-12-9-13(16)2-3-14(12)19-4-6-21-7-5-19/h2-3,9,11H,4-8,10,17H2,1H3,(H,18,20). The number of hydrogen-bond acceptors (Lipinski definition) is 4. The minimum absolute atomic E-state index is 0.123. The Kier molecular flexibility index (Phi) is 5.52. The van der Waals surface area contributed by atoms with Crippen molar-refractivity contribution in [2.75, 3.05) is 31.2 Å². The molecule has 0 saturated carbocycles. The van der Waals surface area contributed by atoms with Gasteiger partial charge in [0.05, 0.1) is 13.2 Å². The second kappa shape index (κ2) is 7.38. The number of hydrogen-bond donors (Lipinski definition) is 2. The maximum Gasteiger partial charge on any atom is 0.221 e. The highest BCUT2D eigenvalue weighted by molar-refractivity contribution is 5.76. The monoisotopic (exact) mass is 295 g/mol. The van der Waals surface area contributed by atoms with Crippen molar-refractivity contribution < 1.29 is 13.9 Å². The van der Waals surface area contributed by atoms with Crippen LogP contribution in [0.25, 0.3) is 0 Å². The van der Waals surface area contributed by atoms with E-state index in [4.69, 9.17) is 10.5 Å². The Bertz CT molecular complexity index is 488. The van der Waals surface area contributed by atoms with Gasteiger partial charge in [-0.2, -0.15) is 0 Å². The van der Waals surface area contributed by atoms with Crippen LogP contribution in [-0.2, 0) is 16.1 Å². The number of nitrogens with zero attached hydrogens (tertiary/aromatic N) is 1. The van der Waals surface area contributed by atoms with E-state index in [-0.39, 0.29) is 24.2 Å². The molecule has 1 amide bonds. The van der Waals surface area contributed by atoms with Gasteiger partial charge in [0, 0.05) is 37.8 Å². The lowest BCUT2D eigenvalue weighted by Gasteiger charge is -2.30. The molecule has 1 aromatic carbocycles. The van der Waals surface area contributed by atoms with E-state index in [1.54, 1.807) is 13.0 Å². The van der Waals surface area contributed by atoms with Gasteiger partial charge in [-0.25, -0.2) is 4.39 Å². The minimum atomic E-state index is -0.302. The van der Waals surface area contributed by atoms with Crippen molar-refractivity contribution in [2.24, 2.45) is 5.73 Å². The molecule has 0 aliphatic carbocycles. The molecule has 1 saturated heterocycles. The summed E-state index contributed by atoms with van der Waals surface area (Å²) in [5.74, 6) is -0.425. The Hall–Kier alpha value is -1.66. The van der Waals surface area contributed by atoms with Crippen molar-refractivity contribution in [1.82, 2.24) is 5.32 Å². The molecule has 3 N–H and O–H groups in total. The Morgan fingerprint density at radius 3 is 2.86 bits per heavy atom. The predicted molar refractivity (Wildman–Crippen MR) is 79.5 cm³/mol. The first kappa shape index (κ1) is 15.7. The molecule has 21 heavy (non-hydrogen) atoms. The molecular formula is C15H22FN3O2. The Morgan fingerprint density at radius 1 is 1.48 bits per heavy atom. The van der Waals surface area contributed by atoms with Crippen LogP contribution in [0.1, 0.15) is 18.9 Å².